The molecular formula is C19H26ClN5OS. The molecule has 1 aromatic carbocycles. The summed E-state index contributed by atoms with van der Waals surface area (Å²) in [6.45, 7) is 4.72. The number of halogens is 1. The van der Waals surface area contributed by atoms with Crippen LogP contribution in [0.25, 0.3) is 0 Å². The van der Waals surface area contributed by atoms with E-state index in [0.29, 0.717) is 11.7 Å². The summed E-state index contributed by atoms with van der Waals surface area (Å²) in [5, 5.41) is 12.0. The highest BCUT2D eigenvalue weighted by molar-refractivity contribution is 7.99. The number of carbonyl (C=O) groups excluding carboxylic acids is 1. The average molecular weight is 408 g/mol. The Balaban J connectivity index is 0.00000210. The van der Waals surface area contributed by atoms with Crippen LogP contribution in [-0.4, -0.2) is 56.9 Å². The first-order chi connectivity index (χ1) is 12.8. The van der Waals surface area contributed by atoms with Gasteiger partial charge >= 0.3 is 0 Å². The SMILES string of the molecule is Cc1c(C(=O)N2CCSCC2c2ccccc2)nnn1C1CCNCC1.Cl. The van der Waals surface area contributed by atoms with Crippen molar-refractivity contribution in [1.29, 1.82) is 0 Å². The van der Waals surface area contributed by atoms with Crippen LogP contribution in [0.3, 0.4) is 0 Å². The molecule has 1 aromatic heterocycles. The van der Waals surface area contributed by atoms with Crippen molar-refractivity contribution in [2.75, 3.05) is 31.1 Å². The summed E-state index contributed by atoms with van der Waals surface area (Å²) < 4.78 is 1.96. The third-order valence-corrected chi connectivity index (χ3v) is 6.38. The predicted octanol–water partition coefficient (Wildman–Crippen LogP) is 2.86. The van der Waals surface area contributed by atoms with Gasteiger partial charge in [0.05, 0.1) is 17.8 Å². The molecule has 0 radical (unpaired) electrons. The van der Waals surface area contributed by atoms with Gasteiger partial charge in [0, 0.05) is 18.1 Å². The van der Waals surface area contributed by atoms with Gasteiger partial charge in [0.2, 0.25) is 0 Å². The van der Waals surface area contributed by atoms with Crippen LogP contribution in [0, 0.1) is 6.92 Å². The number of nitrogens with zero attached hydrogens (tertiary/aromatic N) is 4. The summed E-state index contributed by atoms with van der Waals surface area (Å²) in [6, 6.07) is 10.7. The molecule has 2 aliphatic rings. The van der Waals surface area contributed by atoms with E-state index < -0.39 is 0 Å². The Morgan fingerprint density at radius 2 is 1.96 bits per heavy atom. The molecule has 6 nitrogen and oxygen atoms in total. The lowest BCUT2D eigenvalue weighted by Crippen LogP contribution is -2.41. The average Bonchev–Trinajstić information content (AvgIpc) is 3.10. The fourth-order valence-corrected chi connectivity index (χ4v) is 4.96. The second-order valence-corrected chi connectivity index (χ2v) is 8.10. The number of hydrogen-bond donors (Lipinski definition) is 1. The van der Waals surface area contributed by atoms with E-state index in [0.717, 1.165) is 49.7 Å². The van der Waals surface area contributed by atoms with Gasteiger partial charge in [-0.1, -0.05) is 35.5 Å². The van der Waals surface area contributed by atoms with Gasteiger partial charge in [0.25, 0.3) is 5.91 Å². The predicted molar refractivity (Wildman–Crippen MR) is 111 cm³/mol. The molecule has 0 bridgehead atoms. The third-order valence-electron chi connectivity index (χ3n) is 5.36. The van der Waals surface area contributed by atoms with Crippen LogP contribution in [0.15, 0.2) is 30.3 Å². The molecule has 1 amide bonds. The largest absolute Gasteiger partial charge is 0.328 e. The monoisotopic (exact) mass is 407 g/mol. The molecule has 2 aliphatic heterocycles. The molecule has 27 heavy (non-hydrogen) atoms. The van der Waals surface area contributed by atoms with Crippen molar-refractivity contribution in [3.8, 4) is 0 Å². The molecule has 1 atom stereocenters. The smallest absolute Gasteiger partial charge is 0.276 e. The molecule has 0 aliphatic carbocycles. The number of hydrogen-bond acceptors (Lipinski definition) is 5. The molecule has 2 saturated heterocycles. The zero-order valence-electron chi connectivity index (χ0n) is 15.5. The Labute approximate surface area is 170 Å². The number of piperidine rings is 1. The molecular weight excluding hydrogens is 382 g/mol. The van der Waals surface area contributed by atoms with Crippen molar-refractivity contribution < 1.29 is 4.79 Å². The van der Waals surface area contributed by atoms with Crippen LogP contribution >= 0.6 is 24.2 Å². The first kappa shape index (κ1) is 20.2. The Hall–Kier alpha value is -1.57. The maximum absolute atomic E-state index is 13.3. The number of thioether (sulfide) groups is 1. The van der Waals surface area contributed by atoms with Crippen LogP contribution < -0.4 is 5.32 Å². The first-order valence-corrected chi connectivity index (χ1v) is 10.5. The van der Waals surface area contributed by atoms with E-state index in [-0.39, 0.29) is 24.4 Å². The van der Waals surface area contributed by atoms with Crippen molar-refractivity contribution in [1.82, 2.24) is 25.2 Å². The third kappa shape index (κ3) is 4.15. The van der Waals surface area contributed by atoms with Gasteiger partial charge < -0.3 is 10.2 Å². The lowest BCUT2D eigenvalue weighted by molar-refractivity contribution is 0.0694. The van der Waals surface area contributed by atoms with Gasteiger partial charge in [0.1, 0.15) is 0 Å². The van der Waals surface area contributed by atoms with Crippen LogP contribution in [0.5, 0.6) is 0 Å². The van der Waals surface area contributed by atoms with Gasteiger partial charge in [-0.25, -0.2) is 4.68 Å². The quantitative estimate of drug-likeness (QED) is 0.847. The molecule has 2 aromatic rings. The number of nitrogens with one attached hydrogen (secondary N) is 1. The summed E-state index contributed by atoms with van der Waals surface area (Å²) in [5.74, 6) is 1.91. The van der Waals surface area contributed by atoms with Crippen molar-refractivity contribution >= 4 is 30.1 Å². The topological polar surface area (TPSA) is 63.1 Å². The van der Waals surface area contributed by atoms with Gasteiger partial charge in [-0.3, -0.25) is 4.79 Å². The minimum Gasteiger partial charge on any atom is -0.328 e. The van der Waals surface area contributed by atoms with Crippen molar-refractivity contribution in [2.24, 2.45) is 0 Å². The maximum atomic E-state index is 13.3. The van der Waals surface area contributed by atoms with Crippen LogP contribution in [-0.2, 0) is 0 Å². The van der Waals surface area contributed by atoms with Gasteiger partial charge in [-0.05, 0) is 38.4 Å². The van der Waals surface area contributed by atoms with E-state index in [4.69, 9.17) is 0 Å². The highest BCUT2D eigenvalue weighted by Crippen LogP contribution is 2.31. The van der Waals surface area contributed by atoms with Gasteiger partial charge in [0.15, 0.2) is 5.69 Å². The molecule has 0 spiro atoms. The molecule has 4 rings (SSSR count). The summed E-state index contributed by atoms with van der Waals surface area (Å²) in [5.41, 5.74) is 2.60. The van der Waals surface area contributed by atoms with Crippen molar-refractivity contribution in [2.45, 2.75) is 31.8 Å². The minimum atomic E-state index is 0. The van der Waals surface area contributed by atoms with E-state index >= 15 is 0 Å². The Bertz CT molecular complexity index is 763. The second kappa shape index (κ2) is 9.08. The Morgan fingerprint density at radius 1 is 1.22 bits per heavy atom. The summed E-state index contributed by atoms with van der Waals surface area (Å²) >= 11 is 1.90. The van der Waals surface area contributed by atoms with Crippen LogP contribution in [0.4, 0.5) is 0 Å². The number of benzene rings is 1. The Kier molecular flexibility index (Phi) is 6.78. The molecule has 146 valence electrons. The molecule has 1 N–H and O–H groups in total. The summed E-state index contributed by atoms with van der Waals surface area (Å²) in [4.78, 5) is 15.3. The van der Waals surface area contributed by atoms with Crippen molar-refractivity contribution in [3.05, 3.63) is 47.3 Å². The number of carbonyl (C=O) groups is 1. The standard InChI is InChI=1S/C19H25N5OS.ClH/c1-14-18(21-22-24(14)16-7-9-20-10-8-16)19(25)23-11-12-26-13-17(23)15-5-3-2-4-6-15;/h2-6,16-17,20H,7-13H2,1H3;1H. The lowest BCUT2D eigenvalue weighted by atomic mass is 10.1. The Morgan fingerprint density at radius 3 is 2.70 bits per heavy atom. The van der Waals surface area contributed by atoms with E-state index in [1.54, 1.807) is 0 Å². The number of rotatable bonds is 3. The molecule has 8 heteroatoms. The first-order valence-electron chi connectivity index (χ1n) is 9.32. The molecule has 3 heterocycles. The van der Waals surface area contributed by atoms with Crippen LogP contribution in [0.2, 0.25) is 0 Å². The van der Waals surface area contributed by atoms with E-state index in [1.807, 2.05) is 46.5 Å². The fraction of sp³-hybridized carbons (Fsp3) is 0.526. The zero-order valence-corrected chi connectivity index (χ0v) is 17.1. The van der Waals surface area contributed by atoms with E-state index in [2.05, 4.69) is 27.8 Å². The highest BCUT2D eigenvalue weighted by Gasteiger charge is 2.32. The highest BCUT2D eigenvalue weighted by atomic mass is 35.5. The number of aromatic nitrogens is 3. The lowest BCUT2D eigenvalue weighted by Gasteiger charge is -2.35. The maximum Gasteiger partial charge on any atom is 0.276 e. The molecule has 0 saturated carbocycles. The van der Waals surface area contributed by atoms with Crippen molar-refractivity contribution in [3.63, 3.8) is 0 Å². The number of amides is 1. The van der Waals surface area contributed by atoms with E-state index in [9.17, 15) is 4.79 Å². The minimum absolute atomic E-state index is 0. The zero-order chi connectivity index (χ0) is 17.9. The van der Waals surface area contributed by atoms with Gasteiger partial charge in [-0.15, -0.1) is 17.5 Å². The normalized spacial score (nSPS) is 20.9. The second-order valence-electron chi connectivity index (χ2n) is 6.95. The van der Waals surface area contributed by atoms with Gasteiger partial charge in [-0.2, -0.15) is 11.8 Å². The summed E-state index contributed by atoms with van der Waals surface area (Å²) in [7, 11) is 0. The molecule has 1 unspecified atom stereocenters. The van der Waals surface area contributed by atoms with E-state index in [1.165, 1.54) is 5.56 Å². The summed E-state index contributed by atoms with van der Waals surface area (Å²) in [6.07, 6.45) is 2.07. The fourth-order valence-electron chi connectivity index (χ4n) is 3.87. The molecule has 2 fully saturated rings. The van der Waals surface area contributed by atoms with Crippen LogP contribution in [0.1, 0.15) is 46.7 Å².